The van der Waals surface area contributed by atoms with E-state index in [1.807, 2.05) is 24.3 Å². The molecule has 0 spiro atoms. The molecule has 0 N–H and O–H groups in total. The van der Waals surface area contributed by atoms with Crippen molar-refractivity contribution in [1.29, 1.82) is 0 Å². The van der Waals surface area contributed by atoms with Gasteiger partial charge in [0.1, 0.15) is 0 Å². The van der Waals surface area contributed by atoms with Gasteiger partial charge in [-0.15, -0.1) is 0 Å². The van der Waals surface area contributed by atoms with E-state index in [4.69, 9.17) is 11.6 Å². The first kappa shape index (κ1) is 23.7. The lowest BCUT2D eigenvalue weighted by molar-refractivity contribution is 1.21. The normalized spacial score (nSPS) is 11.7. The maximum Gasteiger partial charge on any atom is 0.187 e. The molecular weight excluding hydrogens is 522 g/mol. The summed E-state index contributed by atoms with van der Waals surface area (Å²) in [6.07, 6.45) is 0. The van der Waals surface area contributed by atoms with Gasteiger partial charge in [-0.2, -0.15) is 0 Å². The van der Waals surface area contributed by atoms with Crippen molar-refractivity contribution in [3.05, 3.63) is 151 Å². The van der Waals surface area contributed by atoms with Gasteiger partial charge in [0.05, 0.1) is 34.3 Å². The number of rotatable bonds is 2. The van der Waals surface area contributed by atoms with E-state index in [1.54, 1.807) is 0 Å². The number of hydrogen-bond donors (Lipinski definition) is 0. The van der Waals surface area contributed by atoms with Crippen molar-refractivity contribution in [2.45, 2.75) is 0 Å². The molecular formula is C40H23N3. The van der Waals surface area contributed by atoms with E-state index in [2.05, 4.69) is 125 Å². The summed E-state index contributed by atoms with van der Waals surface area (Å²) in [4.78, 5) is 8.96. The maximum atomic E-state index is 7.32. The maximum absolute atomic E-state index is 7.32. The highest BCUT2D eigenvalue weighted by molar-refractivity contribution is 6.20. The number of pyridine rings is 1. The highest BCUT2D eigenvalue weighted by Crippen LogP contribution is 2.41. The van der Waals surface area contributed by atoms with Crippen molar-refractivity contribution < 1.29 is 0 Å². The average molecular weight is 546 g/mol. The molecule has 0 amide bonds. The fourth-order valence-corrected chi connectivity index (χ4v) is 6.75. The van der Waals surface area contributed by atoms with Crippen LogP contribution in [0.15, 0.2) is 140 Å². The van der Waals surface area contributed by atoms with E-state index < -0.39 is 0 Å². The first-order chi connectivity index (χ1) is 21.3. The quantitative estimate of drug-likeness (QED) is 0.120. The number of para-hydroxylation sites is 1. The van der Waals surface area contributed by atoms with Gasteiger partial charge in [0.2, 0.25) is 0 Å². The van der Waals surface area contributed by atoms with Crippen molar-refractivity contribution in [1.82, 2.24) is 9.55 Å². The largest absolute Gasteiger partial charge is 0.308 e. The van der Waals surface area contributed by atoms with Gasteiger partial charge in [0, 0.05) is 32.3 Å². The topological polar surface area (TPSA) is 22.2 Å². The van der Waals surface area contributed by atoms with Crippen LogP contribution < -0.4 is 0 Å². The Bertz CT molecular complexity index is 2520. The Kier molecular flexibility index (Phi) is 4.97. The van der Waals surface area contributed by atoms with Crippen LogP contribution in [0.2, 0.25) is 0 Å². The molecule has 7 aromatic carbocycles. The molecule has 0 bridgehead atoms. The number of nitrogens with zero attached hydrogens (tertiary/aromatic N) is 3. The Morgan fingerprint density at radius 2 is 1.02 bits per heavy atom. The van der Waals surface area contributed by atoms with Gasteiger partial charge in [0.25, 0.3) is 0 Å². The van der Waals surface area contributed by atoms with Crippen LogP contribution in [0.3, 0.4) is 0 Å². The minimum atomic E-state index is 0.651. The lowest BCUT2D eigenvalue weighted by Crippen LogP contribution is -1.99. The molecule has 0 aliphatic rings. The summed E-state index contributed by atoms with van der Waals surface area (Å²) < 4.78 is 2.44. The first-order valence-corrected chi connectivity index (χ1v) is 14.4. The van der Waals surface area contributed by atoms with E-state index in [-0.39, 0.29) is 0 Å². The molecule has 3 nitrogen and oxygen atoms in total. The molecule has 0 atom stereocenters. The van der Waals surface area contributed by atoms with Crippen LogP contribution in [0.25, 0.3) is 86.8 Å². The molecule has 43 heavy (non-hydrogen) atoms. The summed E-state index contributed by atoms with van der Waals surface area (Å²) in [5, 5.41) is 9.34. The van der Waals surface area contributed by atoms with Gasteiger partial charge in [0.15, 0.2) is 5.69 Å². The summed E-state index contributed by atoms with van der Waals surface area (Å²) in [5.41, 5.74) is 8.37. The van der Waals surface area contributed by atoms with E-state index in [0.717, 1.165) is 60.4 Å². The highest BCUT2D eigenvalue weighted by Gasteiger charge is 2.20. The molecule has 9 rings (SSSR count). The number of aromatic nitrogens is 2. The van der Waals surface area contributed by atoms with Crippen molar-refractivity contribution in [2.24, 2.45) is 0 Å². The van der Waals surface area contributed by atoms with Gasteiger partial charge in [-0.05, 0) is 40.1 Å². The third-order valence-corrected chi connectivity index (χ3v) is 8.76. The SMILES string of the molecule is [C-]#[N+]c1ccc(-c2ccc3c(c2)c2ccccc2n3-c2c3ccc4ccccc4c3nc3c2ccc2ccccc23)cc1. The Morgan fingerprint density at radius 3 is 1.67 bits per heavy atom. The Balaban J connectivity index is 1.45. The van der Waals surface area contributed by atoms with Gasteiger partial charge in [-0.1, -0.05) is 121 Å². The molecule has 0 radical (unpaired) electrons. The third-order valence-electron chi connectivity index (χ3n) is 8.76. The Labute approximate surface area is 247 Å². The first-order valence-electron chi connectivity index (χ1n) is 14.4. The molecule has 9 aromatic rings. The molecule has 3 heteroatoms. The Morgan fingerprint density at radius 1 is 0.465 bits per heavy atom. The fourth-order valence-electron chi connectivity index (χ4n) is 6.75. The standard InChI is InChI=1S/C40H23N3/c1-41-29-19-14-25(15-20-29)28-18-23-37-35(24-28)32-12-6-7-13-36(32)43(37)40-33-21-16-26-8-2-4-10-30(26)38(33)42-39-31-11-5-3-9-27(31)17-22-34(39)40/h2-24H. The van der Waals surface area contributed by atoms with Crippen molar-refractivity contribution in [2.75, 3.05) is 0 Å². The average Bonchev–Trinajstić information content (AvgIpc) is 3.40. The van der Waals surface area contributed by atoms with Crippen molar-refractivity contribution in [3.63, 3.8) is 0 Å². The zero-order chi connectivity index (χ0) is 28.5. The minimum Gasteiger partial charge on any atom is -0.308 e. The van der Waals surface area contributed by atoms with E-state index >= 15 is 0 Å². The van der Waals surface area contributed by atoms with Crippen LogP contribution >= 0.6 is 0 Å². The van der Waals surface area contributed by atoms with Gasteiger partial charge in [-0.3, -0.25) is 0 Å². The predicted octanol–water partition coefficient (Wildman–Crippen LogP) is 11.0. The number of benzene rings is 7. The zero-order valence-corrected chi connectivity index (χ0v) is 23.1. The molecule has 2 aromatic heterocycles. The Hall–Kier alpha value is -5.98. The molecule has 2 heterocycles. The molecule has 0 saturated carbocycles. The second-order valence-corrected chi connectivity index (χ2v) is 11.1. The molecule has 0 aliphatic heterocycles. The summed E-state index contributed by atoms with van der Waals surface area (Å²) in [6.45, 7) is 7.32. The third kappa shape index (κ3) is 3.44. The molecule has 198 valence electrons. The van der Waals surface area contributed by atoms with Gasteiger partial charge >= 0.3 is 0 Å². The lowest BCUT2D eigenvalue weighted by Gasteiger charge is -2.17. The summed E-state index contributed by atoms with van der Waals surface area (Å²) >= 11 is 0. The fraction of sp³-hybridized carbons (Fsp3) is 0. The summed E-state index contributed by atoms with van der Waals surface area (Å²) in [7, 11) is 0. The summed E-state index contributed by atoms with van der Waals surface area (Å²) in [5.74, 6) is 0. The highest BCUT2D eigenvalue weighted by atomic mass is 15.0. The van der Waals surface area contributed by atoms with Crippen molar-refractivity contribution >= 4 is 70.8 Å². The van der Waals surface area contributed by atoms with Crippen LogP contribution in [-0.2, 0) is 0 Å². The second kappa shape index (κ2) is 9.01. The zero-order valence-electron chi connectivity index (χ0n) is 23.1. The van der Waals surface area contributed by atoms with Crippen molar-refractivity contribution in [3.8, 4) is 16.8 Å². The van der Waals surface area contributed by atoms with E-state index in [0.29, 0.717) is 5.69 Å². The van der Waals surface area contributed by atoms with Crippen LogP contribution in [0.1, 0.15) is 0 Å². The lowest BCUT2D eigenvalue weighted by atomic mass is 9.99. The molecule has 0 fully saturated rings. The molecule has 0 saturated heterocycles. The van der Waals surface area contributed by atoms with Gasteiger partial charge in [-0.25, -0.2) is 9.83 Å². The van der Waals surface area contributed by atoms with Crippen LogP contribution in [-0.4, -0.2) is 9.55 Å². The second-order valence-electron chi connectivity index (χ2n) is 11.1. The van der Waals surface area contributed by atoms with Crippen LogP contribution in [0, 0.1) is 6.57 Å². The number of hydrogen-bond acceptors (Lipinski definition) is 1. The molecule has 0 unspecified atom stereocenters. The minimum absolute atomic E-state index is 0.651. The smallest absolute Gasteiger partial charge is 0.187 e. The van der Waals surface area contributed by atoms with Crippen LogP contribution in [0.5, 0.6) is 0 Å². The van der Waals surface area contributed by atoms with E-state index in [9.17, 15) is 0 Å². The van der Waals surface area contributed by atoms with E-state index in [1.165, 1.54) is 21.5 Å². The number of fused-ring (bicyclic) bond motifs is 9. The summed E-state index contributed by atoms with van der Waals surface area (Å²) in [6, 6.07) is 49.2. The monoisotopic (exact) mass is 545 g/mol. The van der Waals surface area contributed by atoms with Gasteiger partial charge < -0.3 is 4.57 Å². The molecule has 0 aliphatic carbocycles. The predicted molar refractivity (Wildman–Crippen MR) is 180 cm³/mol. The van der Waals surface area contributed by atoms with Crippen LogP contribution in [0.4, 0.5) is 5.69 Å².